The highest BCUT2D eigenvalue weighted by Gasteiger charge is 2.36. The van der Waals surface area contributed by atoms with Gasteiger partial charge in [0.2, 0.25) is 5.91 Å². The first-order chi connectivity index (χ1) is 15.3. The number of aromatic hydroxyl groups is 1. The van der Waals surface area contributed by atoms with Gasteiger partial charge in [0.05, 0.1) is 10.6 Å². The van der Waals surface area contributed by atoms with Gasteiger partial charge in [0, 0.05) is 66.5 Å². The number of carbonyl (C=O) groups is 2. The average Bonchev–Trinajstić information content (AvgIpc) is 2.74. The average molecular weight is 495 g/mol. The summed E-state index contributed by atoms with van der Waals surface area (Å²) in [7, 11) is 0. The minimum Gasteiger partial charge on any atom is -0.507 e. The molecule has 0 aromatic heterocycles. The molecule has 2 fully saturated rings. The fourth-order valence-electron chi connectivity index (χ4n) is 4.10. The van der Waals surface area contributed by atoms with Crippen molar-refractivity contribution in [3.63, 3.8) is 0 Å². The Morgan fingerprint density at radius 3 is 2.25 bits per heavy atom. The molecule has 9 heteroatoms. The number of halogens is 3. The van der Waals surface area contributed by atoms with Gasteiger partial charge in [0.1, 0.15) is 5.75 Å². The monoisotopic (exact) mass is 493 g/mol. The molecular formula is C23H22Cl3N3O3. The summed E-state index contributed by atoms with van der Waals surface area (Å²) in [4.78, 5) is 30.6. The van der Waals surface area contributed by atoms with E-state index in [0.29, 0.717) is 66.5 Å². The molecule has 0 unspecified atom stereocenters. The first kappa shape index (κ1) is 22.9. The zero-order valence-corrected chi connectivity index (χ0v) is 19.5. The van der Waals surface area contributed by atoms with Gasteiger partial charge in [0.25, 0.3) is 5.91 Å². The van der Waals surface area contributed by atoms with E-state index in [-0.39, 0.29) is 28.1 Å². The zero-order chi connectivity index (χ0) is 23.0. The lowest BCUT2D eigenvalue weighted by Crippen LogP contribution is -2.64. The highest BCUT2D eigenvalue weighted by atomic mass is 35.5. The number of rotatable bonds is 4. The number of hydrogen-bond acceptors (Lipinski definition) is 4. The van der Waals surface area contributed by atoms with Gasteiger partial charge in [-0.25, -0.2) is 0 Å². The Morgan fingerprint density at radius 2 is 1.59 bits per heavy atom. The molecular weight excluding hydrogens is 473 g/mol. The Kier molecular flexibility index (Phi) is 6.67. The predicted octanol–water partition coefficient (Wildman–Crippen LogP) is 4.17. The van der Waals surface area contributed by atoms with Crippen molar-refractivity contribution in [3.8, 4) is 16.9 Å². The van der Waals surface area contributed by atoms with Crippen LogP contribution in [0.2, 0.25) is 15.1 Å². The molecule has 32 heavy (non-hydrogen) atoms. The summed E-state index contributed by atoms with van der Waals surface area (Å²) in [6.07, 6.45) is 1.33. The second-order valence-electron chi connectivity index (χ2n) is 7.90. The van der Waals surface area contributed by atoms with Crippen LogP contribution in [0.4, 0.5) is 0 Å². The Bertz CT molecular complexity index is 1080. The molecule has 0 bridgehead atoms. The van der Waals surface area contributed by atoms with Crippen molar-refractivity contribution < 1.29 is 14.7 Å². The van der Waals surface area contributed by atoms with Crippen LogP contribution in [0, 0.1) is 0 Å². The number of piperazine rings is 1. The number of likely N-dealkylation sites (tertiary alicyclic amines) is 1. The van der Waals surface area contributed by atoms with Gasteiger partial charge in [0.15, 0.2) is 0 Å². The molecule has 2 aliphatic rings. The molecule has 1 N–H and O–H groups in total. The van der Waals surface area contributed by atoms with Crippen LogP contribution in [0.25, 0.3) is 11.1 Å². The second-order valence-corrected chi connectivity index (χ2v) is 9.15. The highest BCUT2D eigenvalue weighted by Crippen LogP contribution is 2.38. The third kappa shape index (κ3) is 4.46. The Balaban J connectivity index is 1.47. The molecule has 0 aliphatic carbocycles. The van der Waals surface area contributed by atoms with Crippen LogP contribution in [0.3, 0.4) is 0 Å². The van der Waals surface area contributed by atoms with Crippen LogP contribution in [-0.4, -0.2) is 76.9 Å². The van der Waals surface area contributed by atoms with Gasteiger partial charge < -0.3 is 14.9 Å². The third-order valence-electron chi connectivity index (χ3n) is 6.00. The molecule has 4 rings (SSSR count). The van der Waals surface area contributed by atoms with Crippen LogP contribution in [-0.2, 0) is 4.79 Å². The molecule has 2 aliphatic heterocycles. The molecule has 0 saturated carbocycles. The molecule has 0 atom stereocenters. The molecule has 0 radical (unpaired) electrons. The second kappa shape index (κ2) is 9.32. The lowest BCUT2D eigenvalue weighted by atomic mass is 10.0. The van der Waals surface area contributed by atoms with Crippen molar-refractivity contribution >= 4 is 46.6 Å². The summed E-state index contributed by atoms with van der Waals surface area (Å²) >= 11 is 18.8. The number of amides is 2. The molecule has 2 amide bonds. The first-order valence-electron chi connectivity index (χ1n) is 10.2. The van der Waals surface area contributed by atoms with E-state index < -0.39 is 0 Å². The topological polar surface area (TPSA) is 64.1 Å². The Morgan fingerprint density at radius 1 is 0.938 bits per heavy atom. The fraction of sp³-hybridized carbons (Fsp3) is 0.304. The molecule has 2 aromatic rings. The van der Waals surface area contributed by atoms with Crippen molar-refractivity contribution in [2.45, 2.75) is 6.04 Å². The molecule has 2 aromatic carbocycles. The summed E-state index contributed by atoms with van der Waals surface area (Å²) in [5, 5.41) is 11.6. The summed E-state index contributed by atoms with van der Waals surface area (Å²) in [5.74, 6) is -0.499. The van der Waals surface area contributed by atoms with E-state index in [4.69, 9.17) is 34.8 Å². The number of benzene rings is 2. The van der Waals surface area contributed by atoms with Crippen molar-refractivity contribution in [1.29, 1.82) is 0 Å². The van der Waals surface area contributed by atoms with Gasteiger partial charge in [-0.05, 0) is 36.4 Å². The maximum atomic E-state index is 13.2. The largest absolute Gasteiger partial charge is 0.507 e. The normalized spacial score (nSPS) is 17.2. The number of hydrogen-bond donors (Lipinski definition) is 1. The van der Waals surface area contributed by atoms with Crippen LogP contribution in [0.15, 0.2) is 43.0 Å². The van der Waals surface area contributed by atoms with Crippen molar-refractivity contribution in [2.75, 3.05) is 39.3 Å². The minimum atomic E-state index is -0.268. The molecule has 2 saturated heterocycles. The van der Waals surface area contributed by atoms with E-state index in [1.54, 1.807) is 34.1 Å². The number of nitrogens with zero attached hydrogens (tertiary/aromatic N) is 3. The fourth-order valence-corrected chi connectivity index (χ4v) is 4.75. The summed E-state index contributed by atoms with van der Waals surface area (Å²) < 4.78 is 0. The lowest BCUT2D eigenvalue weighted by Gasteiger charge is -2.47. The van der Waals surface area contributed by atoms with Gasteiger partial charge in [-0.3, -0.25) is 14.5 Å². The summed E-state index contributed by atoms with van der Waals surface area (Å²) in [6.45, 7) is 7.34. The number of carbonyl (C=O) groups excluding carboxylic acids is 2. The third-order valence-corrected chi connectivity index (χ3v) is 6.88. The van der Waals surface area contributed by atoms with Crippen molar-refractivity contribution in [2.24, 2.45) is 0 Å². The van der Waals surface area contributed by atoms with Crippen LogP contribution in [0.1, 0.15) is 10.4 Å². The number of phenolic OH excluding ortho intramolecular Hbond substituents is 1. The van der Waals surface area contributed by atoms with Crippen LogP contribution < -0.4 is 0 Å². The molecule has 6 nitrogen and oxygen atoms in total. The lowest BCUT2D eigenvalue weighted by molar-refractivity contribution is -0.133. The Hall–Kier alpha value is -2.25. The molecule has 168 valence electrons. The van der Waals surface area contributed by atoms with Crippen LogP contribution in [0.5, 0.6) is 5.75 Å². The quantitative estimate of drug-likeness (QED) is 0.648. The molecule has 0 spiro atoms. The van der Waals surface area contributed by atoms with Crippen molar-refractivity contribution in [1.82, 2.24) is 14.7 Å². The smallest absolute Gasteiger partial charge is 0.257 e. The standard InChI is InChI=1S/C23H22Cl3N3O3/c1-2-22(31)29-12-15(13-29)27-5-7-28(8-6-27)23(32)18-10-17(20(26)11-21(18)30)16-9-14(24)3-4-19(16)25/h2-4,9-11,15,30H,1,5-8,12-13H2. The maximum absolute atomic E-state index is 13.2. The van der Waals surface area contributed by atoms with E-state index in [1.165, 1.54) is 12.1 Å². The summed E-state index contributed by atoms with van der Waals surface area (Å²) in [6, 6.07) is 8.23. The Labute approximate surface area is 201 Å². The zero-order valence-electron chi connectivity index (χ0n) is 17.2. The van der Waals surface area contributed by atoms with E-state index in [1.807, 2.05) is 0 Å². The van der Waals surface area contributed by atoms with E-state index in [9.17, 15) is 14.7 Å². The number of phenols is 1. The van der Waals surface area contributed by atoms with E-state index >= 15 is 0 Å². The minimum absolute atomic E-state index is 0.0520. The maximum Gasteiger partial charge on any atom is 0.257 e. The van der Waals surface area contributed by atoms with Crippen molar-refractivity contribution in [3.05, 3.63) is 63.6 Å². The predicted molar refractivity (Wildman–Crippen MR) is 127 cm³/mol. The SMILES string of the molecule is C=CC(=O)N1CC(N2CCN(C(=O)c3cc(-c4cc(Cl)ccc4Cl)c(Cl)cc3O)CC2)C1. The van der Waals surface area contributed by atoms with Gasteiger partial charge in [-0.15, -0.1) is 0 Å². The summed E-state index contributed by atoms with van der Waals surface area (Å²) in [5.41, 5.74) is 1.28. The molecule has 2 heterocycles. The first-order valence-corrected chi connectivity index (χ1v) is 11.3. The van der Waals surface area contributed by atoms with E-state index in [0.717, 1.165) is 0 Å². The van der Waals surface area contributed by atoms with Gasteiger partial charge in [-0.1, -0.05) is 41.4 Å². The highest BCUT2D eigenvalue weighted by molar-refractivity contribution is 6.38. The van der Waals surface area contributed by atoms with Gasteiger partial charge >= 0.3 is 0 Å². The van der Waals surface area contributed by atoms with E-state index in [2.05, 4.69) is 11.5 Å². The van der Waals surface area contributed by atoms with Crippen LogP contribution >= 0.6 is 34.8 Å². The van der Waals surface area contributed by atoms with Gasteiger partial charge in [-0.2, -0.15) is 0 Å².